The van der Waals surface area contributed by atoms with E-state index in [9.17, 15) is 36.3 Å². The van der Waals surface area contributed by atoms with Crippen LogP contribution in [0, 0.1) is 6.92 Å². The summed E-state index contributed by atoms with van der Waals surface area (Å²) >= 11 is 0. The third-order valence-electron chi connectivity index (χ3n) is 4.41. The monoisotopic (exact) mass is 463 g/mol. The zero-order chi connectivity index (χ0) is 23.0. The van der Waals surface area contributed by atoms with Crippen LogP contribution in [0.3, 0.4) is 0 Å². The number of benzene rings is 1. The molecule has 10 nitrogen and oxygen atoms in total. The Morgan fingerprint density at radius 1 is 1.23 bits per heavy atom. The standard InChI is InChI=1S/C17H16F3N3O7S/c1-10-8-13(21-30-10)15(24)22-6-7-23(14(9-22)16(25)26)31(27,28)12-4-2-11(3-5-12)29-17(18,19)20/h2-5,8,14H,6-7,9H2,1H3,(H,25,26)/t14-/m1/s1. The fourth-order valence-electron chi connectivity index (χ4n) is 3.02. The minimum Gasteiger partial charge on any atom is -0.480 e. The molecule has 2 heterocycles. The first-order chi connectivity index (χ1) is 14.4. The van der Waals surface area contributed by atoms with Gasteiger partial charge in [0.25, 0.3) is 5.91 Å². The van der Waals surface area contributed by atoms with Gasteiger partial charge in [0.15, 0.2) is 5.69 Å². The number of carboxylic acid groups (broad SMARTS) is 1. The lowest BCUT2D eigenvalue weighted by molar-refractivity contribution is -0.274. The highest BCUT2D eigenvalue weighted by atomic mass is 32.2. The molecule has 1 N–H and O–H groups in total. The molecule has 0 spiro atoms. The van der Waals surface area contributed by atoms with Gasteiger partial charge in [-0.15, -0.1) is 13.2 Å². The molecule has 1 aliphatic heterocycles. The van der Waals surface area contributed by atoms with Gasteiger partial charge in [0.05, 0.1) is 4.90 Å². The molecule has 31 heavy (non-hydrogen) atoms. The van der Waals surface area contributed by atoms with Gasteiger partial charge in [-0.2, -0.15) is 4.31 Å². The first-order valence-electron chi connectivity index (χ1n) is 8.71. The number of carbonyl (C=O) groups excluding carboxylic acids is 1. The highest BCUT2D eigenvalue weighted by Crippen LogP contribution is 2.27. The summed E-state index contributed by atoms with van der Waals surface area (Å²) in [7, 11) is -4.38. The molecule has 0 radical (unpaired) electrons. The summed E-state index contributed by atoms with van der Waals surface area (Å²) in [6, 6.07) is 3.13. The van der Waals surface area contributed by atoms with Crippen molar-refractivity contribution in [2.45, 2.75) is 24.2 Å². The molecule has 1 amide bonds. The number of hydrogen-bond donors (Lipinski definition) is 1. The maximum absolute atomic E-state index is 12.9. The van der Waals surface area contributed by atoms with Crippen molar-refractivity contribution in [1.82, 2.24) is 14.4 Å². The Labute approximate surface area is 173 Å². The minimum atomic E-state index is -4.94. The minimum absolute atomic E-state index is 0.0433. The molecule has 1 aromatic heterocycles. The molecule has 2 aromatic rings. The molecule has 1 saturated heterocycles. The van der Waals surface area contributed by atoms with Crippen LogP contribution >= 0.6 is 0 Å². The molecule has 1 atom stereocenters. The Morgan fingerprint density at radius 2 is 1.87 bits per heavy atom. The Morgan fingerprint density at radius 3 is 2.39 bits per heavy atom. The molecule has 0 unspecified atom stereocenters. The molecule has 3 rings (SSSR count). The summed E-state index contributed by atoms with van der Waals surface area (Å²) in [4.78, 5) is 25.0. The van der Waals surface area contributed by atoms with Gasteiger partial charge in [0.1, 0.15) is 17.6 Å². The number of aromatic nitrogens is 1. The number of carbonyl (C=O) groups is 2. The Kier molecular flexibility index (Phi) is 5.96. The van der Waals surface area contributed by atoms with Gasteiger partial charge in [-0.25, -0.2) is 8.42 Å². The van der Waals surface area contributed by atoms with E-state index in [1.54, 1.807) is 6.92 Å². The van der Waals surface area contributed by atoms with Crippen molar-refractivity contribution < 1.29 is 45.5 Å². The number of halogens is 3. The first-order valence-corrected chi connectivity index (χ1v) is 10.2. The Hall–Kier alpha value is -3.13. The number of piperazine rings is 1. The van der Waals surface area contributed by atoms with Gasteiger partial charge in [-0.1, -0.05) is 5.16 Å². The zero-order valence-corrected chi connectivity index (χ0v) is 16.7. The predicted molar refractivity (Wildman–Crippen MR) is 95.6 cm³/mol. The third kappa shape index (κ3) is 4.96. The molecule has 0 saturated carbocycles. The van der Waals surface area contributed by atoms with Gasteiger partial charge >= 0.3 is 12.3 Å². The SMILES string of the molecule is Cc1cc(C(=O)N2CCN(S(=O)(=O)c3ccc(OC(F)(F)F)cc3)[C@@H](C(=O)O)C2)no1. The number of aryl methyl sites for hydroxylation is 1. The normalized spacial score (nSPS) is 18.1. The maximum Gasteiger partial charge on any atom is 0.573 e. The van der Waals surface area contributed by atoms with E-state index in [4.69, 9.17) is 4.52 Å². The largest absolute Gasteiger partial charge is 0.573 e. The summed E-state index contributed by atoms with van der Waals surface area (Å²) in [6.45, 7) is 0.652. The summed E-state index contributed by atoms with van der Waals surface area (Å²) in [6.07, 6.45) is -4.94. The van der Waals surface area contributed by atoms with E-state index in [1.165, 1.54) is 6.07 Å². The van der Waals surface area contributed by atoms with E-state index in [0.29, 0.717) is 10.1 Å². The van der Waals surface area contributed by atoms with E-state index in [1.807, 2.05) is 0 Å². The molecule has 1 aromatic carbocycles. The summed E-state index contributed by atoms with van der Waals surface area (Å²) in [5, 5.41) is 13.1. The van der Waals surface area contributed by atoms with Gasteiger partial charge in [0, 0.05) is 25.7 Å². The van der Waals surface area contributed by atoms with Crippen molar-refractivity contribution >= 4 is 21.9 Å². The van der Waals surface area contributed by atoms with Crippen LogP contribution in [0.15, 0.2) is 39.8 Å². The lowest BCUT2D eigenvalue weighted by Gasteiger charge is -2.38. The highest BCUT2D eigenvalue weighted by Gasteiger charge is 2.42. The van der Waals surface area contributed by atoms with Gasteiger partial charge in [-0.05, 0) is 31.2 Å². The molecular formula is C17H16F3N3O7S. The van der Waals surface area contributed by atoms with Crippen LogP contribution in [0.4, 0.5) is 13.2 Å². The highest BCUT2D eigenvalue weighted by molar-refractivity contribution is 7.89. The van der Waals surface area contributed by atoms with Gasteiger partial charge in [0.2, 0.25) is 10.0 Å². The van der Waals surface area contributed by atoms with Crippen molar-refractivity contribution in [1.29, 1.82) is 0 Å². The van der Waals surface area contributed by atoms with Crippen LogP contribution in [0.1, 0.15) is 16.2 Å². The van der Waals surface area contributed by atoms with Crippen LogP contribution in [-0.4, -0.2) is 71.8 Å². The topological polar surface area (TPSA) is 130 Å². The van der Waals surface area contributed by atoms with E-state index in [-0.39, 0.29) is 18.8 Å². The van der Waals surface area contributed by atoms with Crippen molar-refractivity contribution in [3.8, 4) is 5.75 Å². The second-order valence-electron chi connectivity index (χ2n) is 6.56. The van der Waals surface area contributed by atoms with E-state index in [2.05, 4.69) is 9.89 Å². The quantitative estimate of drug-likeness (QED) is 0.706. The Bertz CT molecular complexity index is 1080. The second-order valence-corrected chi connectivity index (χ2v) is 8.45. The summed E-state index contributed by atoms with van der Waals surface area (Å²) in [5.41, 5.74) is -0.0433. The second kappa shape index (κ2) is 8.19. The molecule has 14 heteroatoms. The number of aliphatic carboxylic acids is 1. The lowest BCUT2D eigenvalue weighted by atomic mass is 10.2. The van der Waals surface area contributed by atoms with Crippen LogP contribution in [-0.2, 0) is 14.8 Å². The van der Waals surface area contributed by atoms with Gasteiger partial charge in [-0.3, -0.25) is 9.59 Å². The van der Waals surface area contributed by atoms with Crippen molar-refractivity contribution in [3.63, 3.8) is 0 Å². The first kappa shape index (κ1) is 22.6. The average Bonchev–Trinajstić information content (AvgIpc) is 3.12. The number of sulfonamides is 1. The summed E-state index contributed by atoms with van der Waals surface area (Å²) in [5.74, 6) is -2.36. The van der Waals surface area contributed by atoms with E-state index >= 15 is 0 Å². The van der Waals surface area contributed by atoms with Crippen molar-refractivity contribution in [2.75, 3.05) is 19.6 Å². The summed E-state index contributed by atoms with van der Waals surface area (Å²) < 4.78 is 71.9. The number of nitrogens with zero attached hydrogens (tertiary/aromatic N) is 3. The molecular weight excluding hydrogens is 447 g/mol. The lowest BCUT2D eigenvalue weighted by Crippen LogP contribution is -2.59. The number of ether oxygens (including phenoxy) is 1. The predicted octanol–water partition coefficient (Wildman–Crippen LogP) is 1.48. The third-order valence-corrected chi connectivity index (χ3v) is 6.34. The molecule has 168 valence electrons. The maximum atomic E-state index is 12.9. The average molecular weight is 463 g/mol. The zero-order valence-electron chi connectivity index (χ0n) is 15.9. The molecule has 0 aliphatic carbocycles. The van der Waals surface area contributed by atoms with Crippen LogP contribution in [0.2, 0.25) is 0 Å². The fourth-order valence-corrected chi connectivity index (χ4v) is 4.58. The smallest absolute Gasteiger partial charge is 0.480 e. The van der Waals surface area contributed by atoms with Crippen molar-refractivity contribution in [2.24, 2.45) is 0 Å². The van der Waals surface area contributed by atoms with Crippen LogP contribution in [0.25, 0.3) is 0 Å². The van der Waals surface area contributed by atoms with Crippen molar-refractivity contribution in [3.05, 3.63) is 41.8 Å². The molecule has 0 bridgehead atoms. The number of hydrogen-bond acceptors (Lipinski definition) is 7. The molecule has 1 aliphatic rings. The van der Waals surface area contributed by atoms with E-state index in [0.717, 1.165) is 29.2 Å². The number of rotatable bonds is 5. The van der Waals surface area contributed by atoms with E-state index < -0.39 is 51.5 Å². The van der Waals surface area contributed by atoms with Crippen LogP contribution < -0.4 is 4.74 Å². The van der Waals surface area contributed by atoms with Crippen LogP contribution in [0.5, 0.6) is 5.75 Å². The number of amides is 1. The van der Waals surface area contributed by atoms with Gasteiger partial charge < -0.3 is 19.3 Å². The number of carboxylic acids is 1. The fraction of sp³-hybridized carbons (Fsp3) is 0.353. The Balaban J connectivity index is 1.81. The number of alkyl halides is 3. The molecule has 1 fully saturated rings.